The number of amides is 1. The highest BCUT2D eigenvalue weighted by atomic mass is 32.2. The van der Waals surface area contributed by atoms with Crippen LogP contribution in [-0.4, -0.2) is 27.6 Å². The molecule has 4 rings (SSSR count). The van der Waals surface area contributed by atoms with E-state index in [1.165, 1.54) is 12.1 Å². The van der Waals surface area contributed by atoms with Gasteiger partial charge in [0.1, 0.15) is 5.82 Å². The lowest BCUT2D eigenvalue weighted by Crippen LogP contribution is -2.25. The molecule has 2 heterocycles. The number of benzene rings is 2. The Balaban J connectivity index is 1.67. The van der Waals surface area contributed by atoms with E-state index >= 15 is 0 Å². The van der Waals surface area contributed by atoms with Gasteiger partial charge in [-0.15, -0.1) is 11.8 Å². The number of hydrogen-bond donors (Lipinski definition) is 2. The first kappa shape index (κ1) is 16.5. The fourth-order valence-corrected chi connectivity index (χ4v) is 3.83. The van der Waals surface area contributed by atoms with Gasteiger partial charge in [-0.3, -0.25) is 9.59 Å². The van der Waals surface area contributed by atoms with Gasteiger partial charge in [-0.2, -0.15) is 10.2 Å². The van der Waals surface area contributed by atoms with E-state index in [1.54, 1.807) is 42.1 Å². The van der Waals surface area contributed by atoms with E-state index < -0.39 is 5.91 Å². The summed E-state index contributed by atoms with van der Waals surface area (Å²) in [4.78, 5) is 25.3. The van der Waals surface area contributed by atoms with Crippen LogP contribution in [0, 0.1) is 5.82 Å². The number of nitrogens with one attached hydrogen (secondary N) is 2. The van der Waals surface area contributed by atoms with Crippen molar-refractivity contribution in [2.75, 3.05) is 5.75 Å². The molecule has 0 spiro atoms. The minimum Gasteiger partial charge on any atom is -0.267 e. The molecule has 0 bridgehead atoms. The van der Waals surface area contributed by atoms with E-state index in [1.807, 2.05) is 0 Å². The zero-order valence-electron chi connectivity index (χ0n) is 13.5. The zero-order chi connectivity index (χ0) is 18.1. The molecule has 6 nitrogen and oxygen atoms in total. The van der Waals surface area contributed by atoms with Crippen molar-refractivity contribution < 1.29 is 9.18 Å². The molecule has 2 N–H and O–H groups in total. The number of aromatic amines is 1. The number of aromatic nitrogens is 2. The van der Waals surface area contributed by atoms with Gasteiger partial charge in [-0.05, 0) is 24.3 Å². The molecule has 1 amide bonds. The lowest BCUT2D eigenvalue weighted by molar-refractivity contribution is 0.0950. The maximum absolute atomic E-state index is 13.5. The number of rotatable bonds is 2. The van der Waals surface area contributed by atoms with Crippen LogP contribution in [0.15, 0.2) is 57.3 Å². The van der Waals surface area contributed by atoms with E-state index in [9.17, 15) is 14.0 Å². The number of fused-ring (bicyclic) bond motifs is 2. The number of carbonyl (C=O) groups is 1. The number of hydrazone groups is 1. The first-order valence-electron chi connectivity index (χ1n) is 7.90. The molecule has 130 valence electrons. The normalized spacial score (nSPS) is 15.0. The number of carbonyl (C=O) groups excluding carboxylic acids is 1. The van der Waals surface area contributed by atoms with Crippen molar-refractivity contribution in [1.29, 1.82) is 0 Å². The van der Waals surface area contributed by atoms with E-state index in [2.05, 4.69) is 20.7 Å². The summed E-state index contributed by atoms with van der Waals surface area (Å²) in [5, 5.41) is 11.2. The Morgan fingerprint density at radius 3 is 2.88 bits per heavy atom. The van der Waals surface area contributed by atoms with Crippen LogP contribution < -0.4 is 11.0 Å². The molecule has 0 saturated heterocycles. The van der Waals surface area contributed by atoms with Crippen LogP contribution in [0.5, 0.6) is 0 Å². The molecule has 1 aromatic heterocycles. The summed E-state index contributed by atoms with van der Waals surface area (Å²) in [6, 6.07) is 11.2. The van der Waals surface area contributed by atoms with E-state index in [0.29, 0.717) is 28.5 Å². The second-order valence-electron chi connectivity index (χ2n) is 5.69. The molecule has 0 unspecified atom stereocenters. The fourth-order valence-electron chi connectivity index (χ4n) is 2.82. The van der Waals surface area contributed by atoms with Gasteiger partial charge in [0, 0.05) is 28.0 Å². The third kappa shape index (κ3) is 2.99. The van der Waals surface area contributed by atoms with Gasteiger partial charge in [0.25, 0.3) is 11.5 Å². The molecular weight excluding hydrogens is 355 g/mol. The van der Waals surface area contributed by atoms with Crippen molar-refractivity contribution in [2.45, 2.75) is 11.3 Å². The highest BCUT2D eigenvalue weighted by Gasteiger charge is 2.18. The zero-order valence-corrected chi connectivity index (χ0v) is 14.3. The molecule has 1 aliphatic rings. The van der Waals surface area contributed by atoms with Gasteiger partial charge in [0.2, 0.25) is 0 Å². The van der Waals surface area contributed by atoms with Crippen molar-refractivity contribution in [3.63, 3.8) is 0 Å². The Morgan fingerprint density at radius 1 is 1.23 bits per heavy atom. The number of hydrogen-bond acceptors (Lipinski definition) is 5. The Labute approximate surface area is 151 Å². The largest absolute Gasteiger partial charge is 0.292 e. The fraction of sp³-hybridized carbons (Fsp3) is 0.111. The molecule has 0 atom stereocenters. The Kier molecular flexibility index (Phi) is 4.26. The molecule has 0 fully saturated rings. The second kappa shape index (κ2) is 6.72. The number of nitrogens with zero attached hydrogens (tertiary/aromatic N) is 2. The molecular formula is C18H13FN4O2S. The van der Waals surface area contributed by atoms with Gasteiger partial charge in [0.05, 0.1) is 11.1 Å². The number of thioether (sulfide) groups is 1. The molecule has 0 radical (unpaired) electrons. The smallest absolute Gasteiger partial charge is 0.267 e. The average molecular weight is 368 g/mol. The van der Waals surface area contributed by atoms with Crippen LogP contribution in [0.25, 0.3) is 10.8 Å². The van der Waals surface area contributed by atoms with Gasteiger partial charge in [-0.1, -0.05) is 18.2 Å². The number of H-pyrrole nitrogens is 1. The summed E-state index contributed by atoms with van der Waals surface area (Å²) in [6.45, 7) is 0. The van der Waals surface area contributed by atoms with Crippen molar-refractivity contribution in [3.8, 4) is 0 Å². The molecule has 26 heavy (non-hydrogen) atoms. The van der Waals surface area contributed by atoms with Gasteiger partial charge in [-0.25, -0.2) is 14.9 Å². The Morgan fingerprint density at radius 2 is 2.04 bits per heavy atom. The summed E-state index contributed by atoms with van der Waals surface area (Å²) in [5.74, 6) is -0.0904. The maximum atomic E-state index is 13.5. The summed E-state index contributed by atoms with van der Waals surface area (Å²) in [6.07, 6.45) is 0.612. The highest BCUT2D eigenvalue weighted by molar-refractivity contribution is 7.99. The van der Waals surface area contributed by atoms with Gasteiger partial charge in [0.15, 0.2) is 5.69 Å². The molecule has 2 aromatic carbocycles. The van der Waals surface area contributed by atoms with Crippen molar-refractivity contribution in [3.05, 3.63) is 69.9 Å². The number of halogens is 1. The summed E-state index contributed by atoms with van der Waals surface area (Å²) in [7, 11) is 0. The molecule has 0 aliphatic carbocycles. The molecule has 3 aromatic rings. The highest BCUT2D eigenvalue weighted by Crippen LogP contribution is 2.30. The molecule has 0 saturated carbocycles. The van der Waals surface area contributed by atoms with Crippen LogP contribution in [0.4, 0.5) is 4.39 Å². The van der Waals surface area contributed by atoms with Crippen molar-refractivity contribution in [2.24, 2.45) is 5.10 Å². The quantitative estimate of drug-likeness (QED) is 0.681. The predicted octanol–water partition coefficient (Wildman–Crippen LogP) is 2.69. The van der Waals surface area contributed by atoms with Crippen LogP contribution in [0.2, 0.25) is 0 Å². The predicted molar refractivity (Wildman–Crippen MR) is 98.1 cm³/mol. The standard InChI is InChI=1S/C18H13FN4O2S/c19-10-5-6-15-13(9-10)14(7-8-26-15)20-23-18(25)16-11-3-1-2-4-12(11)17(24)22-21-16/h1-6,9H,7-8H2,(H,22,24)(H,23,25)/b20-14-. The van der Waals surface area contributed by atoms with Crippen molar-refractivity contribution >= 4 is 34.2 Å². The van der Waals surface area contributed by atoms with Gasteiger partial charge >= 0.3 is 0 Å². The Hall–Kier alpha value is -3.00. The topological polar surface area (TPSA) is 87.2 Å². The lowest BCUT2D eigenvalue weighted by Gasteiger charge is -2.17. The second-order valence-corrected chi connectivity index (χ2v) is 6.82. The summed E-state index contributed by atoms with van der Waals surface area (Å²) in [5.41, 5.74) is 3.48. The van der Waals surface area contributed by atoms with Crippen molar-refractivity contribution in [1.82, 2.24) is 15.6 Å². The minimum atomic E-state index is -0.541. The van der Waals surface area contributed by atoms with Crippen LogP contribution in [0.3, 0.4) is 0 Å². The van der Waals surface area contributed by atoms with Crippen LogP contribution >= 0.6 is 11.8 Å². The first-order valence-corrected chi connectivity index (χ1v) is 8.89. The molecule has 8 heteroatoms. The lowest BCUT2D eigenvalue weighted by atomic mass is 10.1. The Bertz CT molecular complexity index is 1110. The molecule has 1 aliphatic heterocycles. The monoisotopic (exact) mass is 368 g/mol. The minimum absolute atomic E-state index is 0.0780. The van der Waals surface area contributed by atoms with E-state index in [4.69, 9.17) is 0 Å². The summed E-state index contributed by atoms with van der Waals surface area (Å²) >= 11 is 1.62. The van der Waals surface area contributed by atoms with E-state index in [0.717, 1.165) is 10.6 Å². The van der Waals surface area contributed by atoms with Gasteiger partial charge < -0.3 is 0 Å². The third-order valence-electron chi connectivity index (χ3n) is 4.05. The third-order valence-corrected chi connectivity index (χ3v) is 5.13. The average Bonchev–Trinajstić information content (AvgIpc) is 2.66. The SMILES string of the molecule is O=C(N/N=C1/CCSc2ccc(F)cc21)c1n[nH]c(=O)c2ccccc12. The van der Waals surface area contributed by atoms with E-state index in [-0.39, 0.29) is 17.1 Å². The van der Waals surface area contributed by atoms with Crippen LogP contribution in [0.1, 0.15) is 22.5 Å². The first-order chi connectivity index (χ1) is 12.6. The maximum Gasteiger partial charge on any atom is 0.292 e. The summed E-state index contributed by atoms with van der Waals surface area (Å²) < 4.78 is 13.5. The van der Waals surface area contributed by atoms with Crippen LogP contribution in [-0.2, 0) is 0 Å².